The Labute approximate surface area is 186 Å². The average Bonchev–Trinajstić information content (AvgIpc) is 3.11. The van der Waals surface area contributed by atoms with E-state index in [1.165, 1.54) is 7.11 Å². The molecule has 1 aliphatic carbocycles. The number of fused-ring (bicyclic) bond motifs is 3. The van der Waals surface area contributed by atoms with Crippen LogP contribution in [0.15, 0.2) is 48.5 Å². The number of benzene rings is 2. The first-order chi connectivity index (χ1) is 15.5. The number of alkyl carbamates (subject to hydrolysis) is 1. The Morgan fingerprint density at radius 3 is 2.28 bits per heavy atom. The van der Waals surface area contributed by atoms with Crippen LogP contribution in [0.2, 0.25) is 0 Å². The van der Waals surface area contributed by atoms with Gasteiger partial charge in [0.2, 0.25) is 0 Å². The molecule has 3 rings (SSSR count). The number of ether oxygens (including phenoxy) is 2. The Kier molecular flexibility index (Phi) is 7.84. The van der Waals surface area contributed by atoms with E-state index >= 15 is 0 Å². The van der Waals surface area contributed by atoms with Gasteiger partial charge < -0.3 is 24.8 Å². The van der Waals surface area contributed by atoms with Crippen LogP contribution in [0.3, 0.4) is 0 Å². The summed E-state index contributed by atoms with van der Waals surface area (Å²) in [6.07, 6.45) is -0.643. The topological polar surface area (TPSA) is 105 Å². The zero-order valence-corrected chi connectivity index (χ0v) is 17.7. The predicted molar refractivity (Wildman–Crippen MR) is 117 cm³/mol. The zero-order chi connectivity index (χ0) is 22.9. The standard InChI is InChI=1S/C24H24N2O6/c1-31-14-13-26(15-23(28)29)22(27)11-6-12-25-24(30)32-16-21-19-9-4-2-7-17(19)18-8-3-5-10-20(18)21/h2-5,7-10,21H,12-16H2,1H3,(H,25,30)(H,28,29). The van der Waals surface area contributed by atoms with Crippen LogP contribution in [0.4, 0.5) is 4.79 Å². The lowest BCUT2D eigenvalue weighted by Gasteiger charge is -2.16. The van der Waals surface area contributed by atoms with Crippen LogP contribution in [0, 0.1) is 11.8 Å². The van der Waals surface area contributed by atoms with Gasteiger partial charge in [-0.25, -0.2) is 4.79 Å². The van der Waals surface area contributed by atoms with Gasteiger partial charge in [0.25, 0.3) is 5.91 Å². The Balaban J connectivity index is 1.51. The van der Waals surface area contributed by atoms with Gasteiger partial charge in [-0.3, -0.25) is 9.59 Å². The molecule has 0 radical (unpaired) electrons. The first-order valence-corrected chi connectivity index (χ1v) is 10.1. The summed E-state index contributed by atoms with van der Waals surface area (Å²) in [6.45, 7) is -0.102. The third-order valence-corrected chi connectivity index (χ3v) is 5.04. The number of amides is 2. The van der Waals surface area contributed by atoms with E-state index < -0.39 is 24.5 Å². The van der Waals surface area contributed by atoms with Gasteiger partial charge in [-0.05, 0) is 28.2 Å². The molecule has 0 saturated heterocycles. The molecule has 2 aromatic rings. The number of carboxylic acid groups (broad SMARTS) is 1. The number of carboxylic acids is 1. The lowest BCUT2D eigenvalue weighted by Crippen LogP contribution is -2.37. The maximum absolute atomic E-state index is 12.1. The molecule has 0 unspecified atom stereocenters. The molecule has 1 aliphatic rings. The Morgan fingerprint density at radius 2 is 1.69 bits per heavy atom. The Bertz CT molecular complexity index is 1010. The molecule has 0 saturated carbocycles. The molecule has 2 N–H and O–H groups in total. The van der Waals surface area contributed by atoms with Crippen molar-refractivity contribution >= 4 is 18.0 Å². The van der Waals surface area contributed by atoms with Crippen molar-refractivity contribution in [2.24, 2.45) is 0 Å². The molecule has 0 bridgehead atoms. The van der Waals surface area contributed by atoms with Gasteiger partial charge in [-0.15, -0.1) is 0 Å². The molecule has 2 amide bonds. The molecular formula is C24H24N2O6. The predicted octanol–water partition coefficient (Wildman–Crippen LogP) is 2.09. The quantitative estimate of drug-likeness (QED) is 0.614. The second-order valence-electron chi connectivity index (χ2n) is 7.09. The minimum Gasteiger partial charge on any atom is -0.480 e. The van der Waals surface area contributed by atoms with Gasteiger partial charge in [0.15, 0.2) is 0 Å². The van der Waals surface area contributed by atoms with E-state index in [2.05, 4.69) is 29.3 Å². The van der Waals surface area contributed by atoms with Crippen LogP contribution in [0.25, 0.3) is 11.1 Å². The maximum Gasteiger partial charge on any atom is 0.407 e. The van der Waals surface area contributed by atoms with Crippen molar-refractivity contribution < 1.29 is 29.0 Å². The number of methoxy groups -OCH3 is 1. The van der Waals surface area contributed by atoms with Crippen molar-refractivity contribution in [3.8, 4) is 23.0 Å². The van der Waals surface area contributed by atoms with Crippen LogP contribution >= 0.6 is 0 Å². The summed E-state index contributed by atoms with van der Waals surface area (Å²) in [5, 5.41) is 11.4. The Hall–Kier alpha value is -3.83. The molecule has 8 heteroatoms. The highest BCUT2D eigenvalue weighted by atomic mass is 16.5. The molecule has 0 aliphatic heterocycles. The van der Waals surface area contributed by atoms with Crippen LogP contribution < -0.4 is 5.32 Å². The fraction of sp³-hybridized carbons (Fsp3) is 0.292. The van der Waals surface area contributed by atoms with E-state index in [0.29, 0.717) is 0 Å². The molecule has 8 nitrogen and oxygen atoms in total. The van der Waals surface area contributed by atoms with E-state index in [1.807, 2.05) is 36.4 Å². The molecule has 0 spiro atoms. The van der Waals surface area contributed by atoms with Crippen molar-refractivity contribution in [1.29, 1.82) is 0 Å². The average molecular weight is 436 g/mol. The van der Waals surface area contributed by atoms with Crippen molar-refractivity contribution in [3.63, 3.8) is 0 Å². The number of rotatable bonds is 8. The lowest BCUT2D eigenvalue weighted by molar-refractivity contribution is -0.142. The molecule has 2 aromatic carbocycles. The van der Waals surface area contributed by atoms with E-state index in [4.69, 9.17) is 14.6 Å². The third-order valence-electron chi connectivity index (χ3n) is 5.04. The van der Waals surface area contributed by atoms with Gasteiger partial charge in [0, 0.05) is 19.6 Å². The molecule has 0 heterocycles. The number of carbonyl (C=O) groups excluding carboxylic acids is 2. The summed E-state index contributed by atoms with van der Waals surface area (Å²) in [7, 11) is 1.45. The molecule has 0 atom stereocenters. The van der Waals surface area contributed by atoms with Gasteiger partial charge in [0.05, 0.1) is 13.2 Å². The zero-order valence-electron chi connectivity index (χ0n) is 17.7. The van der Waals surface area contributed by atoms with Gasteiger partial charge >= 0.3 is 12.1 Å². The van der Waals surface area contributed by atoms with Gasteiger partial charge in [0.1, 0.15) is 13.2 Å². The summed E-state index contributed by atoms with van der Waals surface area (Å²) in [5.41, 5.74) is 4.50. The molecule has 0 aromatic heterocycles. The van der Waals surface area contributed by atoms with Crippen molar-refractivity contribution in [1.82, 2.24) is 10.2 Å². The summed E-state index contributed by atoms with van der Waals surface area (Å²) < 4.78 is 10.3. The highest BCUT2D eigenvalue weighted by Gasteiger charge is 2.28. The SMILES string of the molecule is COCCN(CC(=O)O)C(=O)C#CCNC(=O)OCC1c2ccccc2-c2ccccc21. The van der Waals surface area contributed by atoms with Crippen LogP contribution in [0.1, 0.15) is 17.0 Å². The van der Waals surface area contributed by atoms with Crippen LogP contribution in [0.5, 0.6) is 0 Å². The number of aliphatic carboxylic acids is 1. The van der Waals surface area contributed by atoms with Gasteiger partial charge in [-0.1, -0.05) is 54.5 Å². The normalized spacial score (nSPS) is 11.5. The van der Waals surface area contributed by atoms with Crippen molar-refractivity contribution in [3.05, 3.63) is 59.7 Å². The third kappa shape index (κ3) is 5.65. The first kappa shape index (κ1) is 22.8. The summed E-state index contributed by atoms with van der Waals surface area (Å²) in [5.74, 6) is 2.99. The van der Waals surface area contributed by atoms with E-state index in [-0.39, 0.29) is 32.2 Å². The number of carbonyl (C=O) groups is 3. The highest BCUT2D eigenvalue weighted by Crippen LogP contribution is 2.44. The smallest absolute Gasteiger partial charge is 0.407 e. The minimum atomic E-state index is -1.15. The number of nitrogens with one attached hydrogen (secondary N) is 1. The fourth-order valence-electron chi connectivity index (χ4n) is 3.58. The molecule has 0 fully saturated rings. The number of hydrogen-bond donors (Lipinski definition) is 2. The number of nitrogens with zero attached hydrogens (tertiary/aromatic N) is 1. The van der Waals surface area contributed by atoms with Crippen molar-refractivity contribution in [2.75, 3.05) is 40.0 Å². The highest BCUT2D eigenvalue weighted by molar-refractivity contribution is 5.95. The molecular weight excluding hydrogens is 412 g/mol. The second-order valence-corrected chi connectivity index (χ2v) is 7.09. The second kappa shape index (κ2) is 11.0. The summed E-state index contributed by atoms with van der Waals surface area (Å²) in [6, 6.07) is 16.1. The summed E-state index contributed by atoms with van der Waals surface area (Å²) in [4.78, 5) is 36.1. The monoisotopic (exact) mass is 436 g/mol. The fourth-order valence-corrected chi connectivity index (χ4v) is 3.58. The first-order valence-electron chi connectivity index (χ1n) is 10.1. The Morgan fingerprint density at radius 1 is 1.06 bits per heavy atom. The van der Waals surface area contributed by atoms with E-state index in [0.717, 1.165) is 27.2 Å². The maximum atomic E-state index is 12.1. The molecule has 166 valence electrons. The number of hydrogen-bond acceptors (Lipinski definition) is 5. The summed E-state index contributed by atoms with van der Waals surface area (Å²) >= 11 is 0. The van der Waals surface area contributed by atoms with Crippen LogP contribution in [-0.4, -0.2) is 67.9 Å². The largest absolute Gasteiger partial charge is 0.480 e. The van der Waals surface area contributed by atoms with Crippen LogP contribution in [-0.2, 0) is 19.1 Å². The lowest BCUT2D eigenvalue weighted by atomic mass is 9.98. The van der Waals surface area contributed by atoms with E-state index in [1.54, 1.807) is 0 Å². The van der Waals surface area contributed by atoms with Crippen molar-refractivity contribution in [2.45, 2.75) is 5.92 Å². The van der Waals surface area contributed by atoms with E-state index in [9.17, 15) is 14.4 Å². The molecule has 32 heavy (non-hydrogen) atoms. The minimum absolute atomic E-state index is 0.0498. The van der Waals surface area contributed by atoms with Gasteiger partial charge in [-0.2, -0.15) is 0 Å².